The molecule has 0 saturated heterocycles. The minimum Gasteiger partial charge on any atom is -0.0989 e. The first-order chi connectivity index (χ1) is 5.62. The fraction of sp³-hybridized carbons (Fsp3) is 0.818. The zero-order chi connectivity index (χ0) is 9.45. The first kappa shape index (κ1) is 12.0. The molecule has 72 valence electrons. The molecule has 0 aromatic heterocycles. The van der Waals surface area contributed by atoms with Crippen LogP contribution in [-0.2, 0) is 0 Å². The van der Waals surface area contributed by atoms with Crippen LogP contribution in [0.5, 0.6) is 0 Å². The van der Waals surface area contributed by atoms with Crippen molar-refractivity contribution in [1.29, 1.82) is 0 Å². The molecule has 0 nitrogen and oxygen atoms in total. The van der Waals surface area contributed by atoms with E-state index < -0.39 is 8.07 Å². The molecule has 0 aliphatic heterocycles. The van der Waals surface area contributed by atoms with Crippen LogP contribution in [-0.4, -0.2) is 8.07 Å². The Hall–Kier alpha value is -0.0431. The third kappa shape index (κ3) is 6.65. The van der Waals surface area contributed by atoms with E-state index in [1.807, 2.05) is 0 Å². The number of unbranched alkanes of at least 4 members (excludes halogenated alkanes) is 3. The lowest BCUT2D eigenvalue weighted by Crippen LogP contribution is -2.21. The highest BCUT2D eigenvalue weighted by atomic mass is 28.3. The van der Waals surface area contributed by atoms with E-state index in [1.54, 1.807) is 0 Å². The van der Waals surface area contributed by atoms with E-state index in [2.05, 4.69) is 38.7 Å². The minimum atomic E-state index is -0.934. The van der Waals surface area contributed by atoms with E-state index in [4.69, 9.17) is 0 Å². The van der Waals surface area contributed by atoms with Crippen LogP contribution < -0.4 is 0 Å². The second-order valence-corrected chi connectivity index (χ2v) is 9.11. The zero-order valence-corrected chi connectivity index (χ0v) is 10.2. The van der Waals surface area contributed by atoms with Gasteiger partial charge in [-0.3, -0.25) is 0 Å². The Kier molecular flexibility index (Phi) is 6.45. The van der Waals surface area contributed by atoms with Gasteiger partial charge >= 0.3 is 0 Å². The van der Waals surface area contributed by atoms with Gasteiger partial charge in [-0.25, -0.2) is 0 Å². The van der Waals surface area contributed by atoms with Gasteiger partial charge in [0.15, 0.2) is 0 Å². The maximum Gasteiger partial charge on any atom is 0.0713 e. The van der Waals surface area contributed by atoms with E-state index in [0.29, 0.717) is 0 Å². The Morgan fingerprint density at radius 1 is 1.08 bits per heavy atom. The summed E-state index contributed by atoms with van der Waals surface area (Å²) in [7, 11) is -0.934. The van der Waals surface area contributed by atoms with Gasteiger partial charge in [-0.1, -0.05) is 63.5 Å². The molecule has 0 unspecified atom stereocenters. The first-order valence-corrected chi connectivity index (χ1v) is 8.54. The highest BCUT2D eigenvalue weighted by molar-refractivity contribution is 6.82. The first-order valence-electron chi connectivity index (χ1n) is 5.26. The van der Waals surface area contributed by atoms with Crippen molar-refractivity contribution >= 4 is 8.07 Å². The molecule has 0 spiro atoms. The fourth-order valence-electron chi connectivity index (χ4n) is 1.54. The van der Waals surface area contributed by atoms with Crippen LogP contribution in [0, 0.1) is 0 Å². The fourth-order valence-corrected chi connectivity index (χ4v) is 3.77. The predicted octanol–water partition coefficient (Wildman–Crippen LogP) is 4.39. The average molecular weight is 184 g/mol. The molecule has 0 heterocycles. The Bertz CT molecular complexity index is 125. The molecule has 0 N–H and O–H groups in total. The molecule has 0 aromatic rings. The topological polar surface area (TPSA) is 0 Å². The van der Waals surface area contributed by atoms with Crippen molar-refractivity contribution in [3.05, 3.63) is 11.8 Å². The summed E-state index contributed by atoms with van der Waals surface area (Å²) < 4.78 is 0. The van der Waals surface area contributed by atoms with Gasteiger partial charge in [0.1, 0.15) is 0 Å². The normalized spacial score (nSPS) is 12.7. The van der Waals surface area contributed by atoms with Gasteiger partial charge in [0.2, 0.25) is 0 Å². The number of hydrogen-bond donors (Lipinski definition) is 0. The summed E-state index contributed by atoms with van der Waals surface area (Å²) in [5.74, 6) is 0. The molecule has 0 bridgehead atoms. The second-order valence-electron chi connectivity index (χ2n) is 4.30. The molecule has 0 atom stereocenters. The monoisotopic (exact) mass is 184 g/mol. The van der Waals surface area contributed by atoms with Crippen LogP contribution in [0.4, 0.5) is 0 Å². The molecule has 0 amide bonds. The Morgan fingerprint density at radius 3 is 2.25 bits per heavy atom. The highest BCUT2D eigenvalue weighted by Crippen LogP contribution is 2.16. The number of rotatable bonds is 6. The summed E-state index contributed by atoms with van der Waals surface area (Å²) in [4.78, 5) is 0. The quantitative estimate of drug-likeness (QED) is 0.424. The molecule has 12 heavy (non-hydrogen) atoms. The molecule has 1 heteroatoms. The van der Waals surface area contributed by atoms with Crippen molar-refractivity contribution in [1.82, 2.24) is 0 Å². The minimum absolute atomic E-state index is 0.934. The lowest BCUT2D eigenvalue weighted by Gasteiger charge is -2.16. The lowest BCUT2D eigenvalue weighted by molar-refractivity contribution is 0.697. The van der Waals surface area contributed by atoms with Crippen LogP contribution in [0.25, 0.3) is 0 Å². The van der Waals surface area contributed by atoms with Gasteiger partial charge < -0.3 is 0 Å². The van der Waals surface area contributed by atoms with Gasteiger partial charge in [-0.2, -0.15) is 0 Å². The van der Waals surface area contributed by atoms with Gasteiger partial charge in [0, 0.05) is 0 Å². The zero-order valence-electron chi connectivity index (χ0n) is 9.19. The third-order valence-corrected chi connectivity index (χ3v) is 5.17. The largest absolute Gasteiger partial charge is 0.0989 e. The summed E-state index contributed by atoms with van der Waals surface area (Å²) in [6.07, 6.45) is 7.87. The van der Waals surface area contributed by atoms with E-state index in [9.17, 15) is 0 Å². The van der Waals surface area contributed by atoms with Crippen molar-refractivity contribution in [2.24, 2.45) is 0 Å². The maximum absolute atomic E-state index is 2.46. The van der Waals surface area contributed by atoms with E-state index in [-0.39, 0.29) is 0 Å². The summed E-state index contributed by atoms with van der Waals surface area (Å²) in [5.41, 5.74) is 2.46. The van der Waals surface area contributed by atoms with E-state index >= 15 is 0 Å². The van der Waals surface area contributed by atoms with E-state index in [0.717, 1.165) is 0 Å². The third-order valence-electron chi connectivity index (χ3n) is 2.29. The van der Waals surface area contributed by atoms with Crippen molar-refractivity contribution in [2.45, 2.75) is 58.7 Å². The standard InChI is InChI=1S/C11H24Si/c1-5-7-8-9-11-12(3,4)10-6-2/h6,10H,5,7-9,11H2,1-4H3. The summed E-state index contributed by atoms with van der Waals surface area (Å²) >= 11 is 0. The van der Waals surface area contributed by atoms with Crippen molar-refractivity contribution < 1.29 is 0 Å². The van der Waals surface area contributed by atoms with Crippen molar-refractivity contribution in [3.8, 4) is 0 Å². The van der Waals surface area contributed by atoms with Crippen molar-refractivity contribution in [2.75, 3.05) is 0 Å². The molecular weight excluding hydrogens is 160 g/mol. The maximum atomic E-state index is 2.46. The molecule has 0 aliphatic carbocycles. The SMILES string of the molecule is CC=C[Si](C)(C)CCCCCC. The molecule has 0 aromatic carbocycles. The Labute approximate surface area is 79.1 Å². The molecule has 0 rings (SSSR count). The summed E-state index contributed by atoms with van der Waals surface area (Å²) in [6, 6.07) is 1.47. The van der Waals surface area contributed by atoms with Gasteiger partial charge in [-0.15, -0.1) is 0 Å². The van der Waals surface area contributed by atoms with Crippen LogP contribution in [0.2, 0.25) is 19.1 Å². The molecule has 0 aliphatic rings. The molecule has 0 saturated carbocycles. The average Bonchev–Trinajstić information content (AvgIpc) is 1.98. The highest BCUT2D eigenvalue weighted by Gasteiger charge is 2.14. The van der Waals surface area contributed by atoms with Crippen molar-refractivity contribution in [3.63, 3.8) is 0 Å². The van der Waals surface area contributed by atoms with Gasteiger partial charge in [0.05, 0.1) is 8.07 Å². The number of allylic oxidation sites excluding steroid dienone is 1. The molecule has 0 radical (unpaired) electrons. The van der Waals surface area contributed by atoms with Crippen LogP contribution in [0.3, 0.4) is 0 Å². The number of hydrogen-bond acceptors (Lipinski definition) is 0. The summed E-state index contributed by atoms with van der Waals surface area (Å²) in [5, 5.41) is 0. The molecular formula is C11H24Si. The van der Waals surface area contributed by atoms with Crippen LogP contribution in [0.15, 0.2) is 11.8 Å². The molecule has 0 fully saturated rings. The van der Waals surface area contributed by atoms with Crippen LogP contribution >= 0.6 is 0 Å². The Morgan fingerprint density at radius 2 is 1.75 bits per heavy atom. The smallest absolute Gasteiger partial charge is 0.0713 e. The second kappa shape index (κ2) is 6.47. The van der Waals surface area contributed by atoms with Crippen LogP contribution in [0.1, 0.15) is 39.5 Å². The van der Waals surface area contributed by atoms with Gasteiger partial charge in [0.25, 0.3) is 0 Å². The predicted molar refractivity (Wildman–Crippen MR) is 61.2 cm³/mol. The van der Waals surface area contributed by atoms with E-state index in [1.165, 1.54) is 31.7 Å². The Balaban J connectivity index is 3.47. The summed E-state index contributed by atoms with van der Waals surface area (Å²) in [6.45, 7) is 9.33. The lowest BCUT2D eigenvalue weighted by atomic mass is 10.2. The van der Waals surface area contributed by atoms with Gasteiger partial charge in [-0.05, 0) is 6.92 Å².